The first-order valence-corrected chi connectivity index (χ1v) is 10.6. The molecule has 0 saturated carbocycles. The highest BCUT2D eigenvalue weighted by atomic mass is 16.5. The zero-order valence-electron chi connectivity index (χ0n) is 18.7. The maximum absolute atomic E-state index is 12.9. The van der Waals surface area contributed by atoms with Crippen LogP contribution in [-0.2, 0) is 11.2 Å². The van der Waals surface area contributed by atoms with Crippen LogP contribution < -0.4 is 15.0 Å². The fourth-order valence-electron chi connectivity index (χ4n) is 4.29. The van der Waals surface area contributed by atoms with Gasteiger partial charge in [-0.3, -0.25) is 9.89 Å². The maximum Gasteiger partial charge on any atom is 0.263 e. The summed E-state index contributed by atoms with van der Waals surface area (Å²) in [5.74, 6) is 1.59. The minimum atomic E-state index is -0.438. The molecule has 0 aliphatic heterocycles. The van der Waals surface area contributed by atoms with Crippen LogP contribution in [0.1, 0.15) is 37.3 Å². The third-order valence-corrected chi connectivity index (χ3v) is 5.90. The molecule has 2 aromatic heterocycles. The van der Waals surface area contributed by atoms with Crippen molar-refractivity contribution in [2.24, 2.45) is 5.92 Å². The molecule has 0 bridgehead atoms. The molecule has 3 aromatic rings. The Labute approximate surface area is 185 Å². The van der Waals surface area contributed by atoms with E-state index in [1.165, 1.54) is 6.33 Å². The summed E-state index contributed by atoms with van der Waals surface area (Å²) in [4.78, 5) is 20.0. The number of aromatic hydroxyl groups is 1. The number of fused-ring (bicyclic) bond motifs is 3. The summed E-state index contributed by atoms with van der Waals surface area (Å²) >= 11 is 0. The van der Waals surface area contributed by atoms with Gasteiger partial charge in [0.2, 0.25) is 0 Å². The zero-order valence-corrected chi connectivity index (χ0v) is 18.7. The lowest BCUT2D eigenvalue weighted by Gasteiger charge is -2.31. The van der Waals surface area contributed by atoms with E-state index in [9.17, 15) is 9.90 Å². The molecule has 0 spiro atoms. The number of rotatable bonds is 8. The molecule has 1 aromatic carbocycles. The van der Waals surface area contributed by atoms with Gasteiger partial charge in [-0.1, -0.05) is 13.8 Å². The fraction of sp³-hybridized carbons (Fsp3) is 0.435. The molecule has 0 saturated heterocycles. The van der Waals surface area contributed by atoms with Crippen LogP contribution in [0, 0.1) is 5.92 Å². The molecule has 32 heavy (non-hydrogen) atoms. The Balaban J connectivity index is 1.86. The summed E-state index contributed by atoms with van der Waals surface area (Å²) in [6.45, 7) is 5.32. The highest BCUT2D eigenvalue weighted by Crippen LogP contribution is 2.49. The Kier molecular flexibility index (Phi) is 6.18. The second-order valence-electron chi connectivity index (χ2n) is 8.21. The van der Waals surface area contributed by atoms with Gasteiger partial charge < -0.3 is 24.3 Å². The Hall–Kier alpha value is -3.33. The number of ether oxygens (including phenoxy) is 3. The molecule has 4 rings (SSSR count). The zero-order chi connectivity index (χ0) is 22.8. The Morgan fingerprint density at radius 1 is 1.22 bits per heavy atom. The minimum absolute atomic E-state index is 0.00856. The van der Waals surface area contributed by atoms with Crippen molar-refractivity contribution in [2.45, 2.75) is 32.6 Å². The number of H-pyrrole nitrogens is 2. The molecule has 0 amide bonds. The predicted molar refractivity (Wildman–Crippen MR) is 119 cm³/mol. The van der Waals surface area contributed by atoms with E-state index < -0.39 is 5.56 Å². The van der Waals surface area contributed by atoms with Gasteiger partial charge in [0.1, 0.15) is 17.6 Å². The molecular formula is C23H28N4O5. The second kappa shape index (κ2) is 9.04. The summed E-state index contributed by atoms with van der Waals surface area (Å²) in [7, 11) is 3.24. The smallest absolute Gasteiger partial charge is 0.263 e. The SMILES string of the molecule is COCCCOc1cc2c(cc1OC)-c1[nH]c(=O)c(-c3ncn[nH]3)c(O)c1C(C(C)C)C2. The average molecular weight is 441 g/mol. The van der Waals surface area contributed by atoms with Crippen LogP contribution in [0.5, 0.6) is 17.2 Å². The number of nitrogens with zero attached hydrogens (tertiary/aromatic N) is 2. The summed E-state index contributed by atoms with van der Waals surface area (Å²) in [6.07, 6.45) is 2.76. The van der Waals surface area contributed by atoms with Gasteiger partial charge in [0.05, 0.1) is 19.4 Å². The summed E-state index contributed by atoms with van der Waals surface area (Å²) in [5.41, 5.74) is 2.80. The van der Waals surface area contributed by atoms with Crippen LogP contribution in [0.15, 0.2) is 23.3 Å². The van der Waals surface area contributed by atoms with E-state index in [4.69, 9.17) is 14.2 Å². The van der Waals surface area contributed by atoms with Crippen LogP contribution in [0.3, 0.4) is 0 Å². The topological polar surface area (TPSA) is 122 Å². The maximum atomic E-state index is 12.9. The van der Waals surface area contributed by atoms with E-state index in [0.29, 0.717) is 42.4 Å². The van der Waals surface area contributed by atoms with E-state index >= 15 is 0 Å². The molecule has 1 unspecified atom stereocenters. The second-order valence-corrected chi connectivity index (χ2v) is 8.21. The number of hydrogen-bond acceptors (Lipinski definition) is 7. The van der Waals surface area contributed by atoms with E-state index in [-0.39, 0.29) is 29.0 Å². The lowest BCUT2D eigenvalue weighted by atomic mass is 9.75. The molecule has 9 heteroatoms. The van der Waals surface area contributed by atoms with Crippen molar-refractivity contribution in [3.05, 3.63) is 39.9 Å². The summed E-state index contributed by atoms with van der Waals surface area (Å²) < 4.78 is 16.6. The lowest BCUT2D eigenvalue weighted by molar-refractivity contribution is 0.170. The molecule has 1 aliphatic carbocycles. The molecule has 170 valence electrons. The molecule has 1 aliphatic rings. The fourth-order valence-corrected chi connectivity index (χ4v) is 4.29. The number of benzene rings is 1. The average Bonchev–Trinajstić information content (AvgIpc) is 3.29. The molecule has 2 heterocycles. The largest absolute Gasteiger partial charge is 0.507 e. The van der Waals surface area contributed by atoms with Gasteiger partial charge in [-0.05, 0) is 36.0 Å². The van der Waals surface area contributed by atoms with Gasteiger partial charge in [-0.25, -0.2) is 4.98 Å². The molecule has 1 atom stereocenters. The van der Waals surface area contributed by atoms with Crippen molar-refractivity contribution in [3.8, 4) is 39.9 Å². The Morgan fingerprint density at radius 3 is 2.69 bits per heavy atom. The van der Waals surface area contributed by atoms with Crippen molar-refractivity contribution in [1.82, 2.24) is 20.2 Å². The highest BCUT2D eigenvalue weighted by molar-refractivity contribution is 5.80. The van der Waals surface area contributed by atoms with Gasteiger partial charge in [0.15, 0.2) is 17.3 Å². The van der Waals surface area contributed by atoms with Gasteiger partial charge in [-0.15, -0.1) is 0 Å². The molecule has 9 nitrogen and oxygen atoms in total. The van der Waals surface area contributed by atoms with E-state index in [0.717, 1.165) is 17.5 Å². The first-order valence-electron chi connectivity index (χ1n) is 10.6. The third kappa shape index (κ3) is 3.84. The van der Waals surface area contributed by atoms with Crippen molar-refractivity contribution in [2.75, 3.05) is 27.4 Å². The third-order valence-electron chi connectivity index (χ3n) is 5.90. The molecule has 3 N–H and O–H groups in total. The number of methoxy groups -OCH3 is 2. The van der Waals surface area contributed by atoms with E-state index in [1.54, 1.807) is 14.2 Å². The van der Waals surface area contributed by atoms with Crippen molar-refractivity contribution < 1.29 is 19.3 Å². The molecule has 0 fully saturated rings. The number of pyridine rings is 1. The Bertz CT molecular complexity index is 1150. The van der Waals surface area contributed by atoms with Crippen molar-refractivity contribution in [1.29, 1.82) is 0 Å². The van der Waals surface area contributed by atoms with Crippen LogP contribution in [-0.4, -0.2) is 52.7 Å². The van der Waals surface area contributed by atoms with Gasteiger partial charge in [0.25, 0.3) is 5.56 Å². The first kappa shape index (κ1) is 21.9. The van der Waals surface area contributed by atoms with E-state index in [1.807, 2.05) is 12.1 Å². The van der Waals surface area contributed by atoms with Crippen LogP contribution in [0.25, 0.3) is 22.6 Å². The Morgan fingerprint density at radius 2 is 2.03 bits per heavy atom. The van der Waals surface area contributed by atoms with Crippen LogP contribution >= 0.6 is 0 Å². The quantitative estimate of drug-likeness (QED) is 0.460. The van der Waals surface area contributed by atoms with Crippen molar-refractivity contribution >= 4 is 0 Å². The van der Waals surface area contributed by atoms with Gasteiger partial charge in [0, 0.05) is 31.3 Å². The molecular weight excluding hydrogens is 412 g/mol. The first-order chi connectivity index (χ1) is 15.5. The minimum Gasteiger partial charge on any atom is -0.507 e. The number of aromatic amines is 2. The predicted octanol–water partition coefficient (Wildman–Crippen LogP) is 3.25. The van der Waals surface area contributed by atoms with Crippen LogP contribution in [0.2, 0.25) is 0 Å². The highest BCUT2D eigenvalue weighted by Gasteiger charge is 2.34. The normalized spacial score (nSPS) is 14.8. The summed E-state index contributed by atoms with van der Waals surface area (Å²) in [5, 5.41) is 17.7. The van der Waals surface area contributed by atoms with Crippen LogP contribution in [0.4, 0.5) is 0 Å². The van der Waals surface area contributed by atoms with Gasteiger partial charge >= 0.3 is 0 Å². The summed E-state index contributed by atoms with van der Waals surface area (Å²) in [6, 6.07) is 3.83. The van der Waals surface area contributed by atoms with E-state index in [2.05, 4.69) is 34.0 Å². The number of nitrogens with one attached hydrogen (secondary N) is 2. The van der Waals surface area contributed by atoms with Gasteiger partial charge in [-0.2, -0.15) is 5.10 Å². The number of hydrogen-bond donors (Lipinski definition) is 3. The van der Waals surface area contributed by atoms with Crippen molar-refractivity contribution in [3.63, 3.8) is 0 Å². The number of aromatic nitrogens is 4. The monoisotopic (exact) mass is 440 g/mol. The molecule has 0 radical (unpaired) electrons. The standard InChI is InChI=1S/C23H28N4O5/c1-12(2)14-8-13-9-17(32-7-5-6-30-3)16(31-4)10-15(13)20-18(14)21(28)19(23(29)26-20)22-24-11-25-27-22/h9-12,14H,5-8H2,1-4H3,(H,24,25,27)(H2,26,28,29). The lowest BCUT2D eigenvalue weighted by Crippen LogP contribution is -2.22.